The molecule has 48 valence electrons. The summed E-state index contributed by atoms with van der Waals surface area (Å²) in [6, 6.07) is 0. The van der Waals surface area contributed by atoms with Gasteiger partial charge in [0, 0.05) is 12.1 Å². The molecule has 1 aliphatic rings. The van der Waals surface area contributed by atoms with Crippen molar-refractivity contribution in [2.24, 2.45) is 0 Å². The third-order valence-electron chi connectivity index (χ3n) is 1.80. The summed E-state index contributed by atoms with van der Waals surface area (Å²) in [5.41, 5.74) is -0.181. The van der Waals surface area contributed by atoms with Crippen LogP contribution in [0.3, 0.4) is 0 Å². The molecule has 0 bridgehead atoms. The van der Waals surface area contributed by atoms with Gasteiger partial charge in [0.05, 0.1) is 0 Å². The van der Waals surface area contributed by atoms with E-state index in [1.165, 1.54) is 0 Å². The van der Waals surface area contributed by atoms with E-state index in [4.69, 9.17) is 0 Å². The zero-order valence-electron chi connectivity index (χ0n) is 5.45. The minimum atomic E-state index is -0.181. The summed E-state index contributed by atoms with van der Waals surface area (Å²) >= 11 is 0. The summed E-state index contributed by atoms with van der Waals surface area (Å²) in [6.45, 7) is 4.48. The van der Waals surface area contributed by atoms with Crippen LogP contribution in [0, 0.1) is 0 Å². The normalized spacial score (nSPS) is 28.9. The van der Waals surface area contributed by atoms with Crippen molar-refractivity contribution in [3.05, 3.63) is 0 Å². The van der Waals surface area contributed by atoms with Crippen molar-refractivity contribution in [1.29, 1.82) is 0 Å². The fourth-order valence-corrected chi connectivity index (χ4v) is 1.07. The van der Waals surface area contributed by atoms with Gasteiger partial charge in [-0.25, -0.2) is 0 Å². The van der Waals surface area contributed by atoms with Crippen LogP contribution in [0.2, 0.25) is 0 Å². The van der Waals surface area contributed by atoms with E-state index in [1.807, 2.05) is 13.8 Å². The maximum atomic E-state index is 12.5. The average molecular weight is 117 g/mol. The standard InChI is InChI=1S/C6H12FN/c1-6(2)4-3-5-8(6)7/h3-5H2,1-2H3. The molecule has 1 fully saturated rings. The molecule has 1 aliphatic heterocycles. The van der Waals surface area contributed by atoms with Crippen molar-refractivity contribution in [2.45, 2.75) is 32.2 Å². The Morgan fingerprint density at radius 3 is 2.25 bits per heavy atom. The predicted octanol–water partition coefficient (Wildman–Crippen LogP) is 1.75. The van der Waals surface area contributed by atoms with E-state index in [9.17, 15) is 4.48 Å². The van der Waals surface area contributed by atoms with Crippen molar-refractivity contribution in [1.82, 2.24) is 5.12 Å². The van der Waals surface area contributed by atoms with Gasteiger partial charge in [-0.15, -0.1) is 9.60 Å². The second kappa shape index (κ2) is 1.69. The van der Waals surface area contributed by atoms with Gasteiger partial charge in [-0.05, 0) is 26.7 Å². The highest BCUT2D eigenvalue weighted by Gasteiger charge is 2.31. The molecule has 0 atom stereocenters. The van der Waals surface area contributed by atoms with Gasteiger partial charge in [0.2, 0.25) is 0 Å². The molecule has 0 unspecified atom stereocenters. The Balaban J connectivity index is 2.54. The van der Waals surface area contributed by atoms with Crippen LogP contribution in [-0.2, 0) is 0 Å². The third kappa shape index (κ3) is 0.848. The highest BCUT2D eigenvalue weighted by molar-refractivity contribution is 4.82. The second-order valence-electron chi connectivity index (χ2n) is 3.00. The minimum Gasteiger partial charge on any atom is -0.141 e. The molecule has 2 heteroatoms. The zero-order valence-corrected chi connectivity index (χ0v) is 5.45. The monoisotopic (exact) mass is 117 g/mol. The summed E-state index contributed by atoms with van der Waals surface area (Å²) in [6.07, 6.45) is 1.99. The summed E-state index contributed by atoms with van der Waals surface area (Å²) in [5.74, 6) is 0. The van der Waals surface area contributed by atoms with Gasteiger partial charge >= 0.3 is 0 Å². The molecule has 0 aliphatic carbocycles. The molecule has 0 aromatic carbocycles. The quantitative estimate of drug-likeness (QED) is 0.437. The van der Waals surface area contributed by atoms with Crippen molar-refractivity contribution >= 4 is 0 Å². The van der Waals surface area contributed by atoms with Gasteiger partial charge in [-0.1, -0.05) is 0 Å². The van der Waals surface area contributed by atoms with Gasteiger partial charge in [0.25, 0.3) is 0 Å². The first kappa shape index (κ1) is 6.02. The summed E-state index contributed by atoms with van der Waals surface area (Å²) in [4.78, 5) is 0. The number of nitrogens with zero attached hydrogens (tertiary/aromatic N) is 1. The molecule has 1 heterocycles. The summed E-state index contributed by atoms with van der Waals surface area (Å²) in [7, 11) is 0. The van der Waals surface area contributed by atoms with Crippen LogP contribution >= 0.6 is 0 Å². The van der Waals surface area contributed by atoms with Crippen molar-refractivity contribution in [3.63, 3.8) is 0 Å². The fourth-order valence-electron chi connectivity index (χ4n) is 1.07. The highest BCUT2D eigenvalue weighted by atomic mass is 19.2. The van der Waals surface area contributed by atoms with Gasteiger partial charge in [-0.2, -0.15) is 0 Å². The van der Waals surface area contributed by atoms with E-state index in [2.05, 4.69) is 0 Å². The Hall–Kier alpha value is -0.110. The number of hydrogen-bond donors (Lipinski definition) is 0. The first-order valence-corrected chi connectivity index (χ1v) is 3.06. The molecular formula is C6H12FN. The van der Waals surface area contributed by atoms with Crippen LogP contribution in [0.5, 0.6) is 0 Å². The molecule has 1 saturated heterocycles. The Morgan fingerprint density at radius 2 is 2.12 bits per heavy atom. The molecule has 0 spiro atoms. The lowest BCUT2D eigenvalue weighted by Crippen LogP contribution is -2.30. The topological polar surface area (TPSA) is 3.24 Å². The lowest BCUT2D eigenvalue weighted by molar-refractivity contribution is -0.0333. The molecule has 1 rings (SSSR count). The van der Waals surface area contributed by atoms with E-state index >= 15 is 0 Å². The van der Waals surface area contributed by atoms with E-state index in [0.717, 1.165) is 18.0 Å². The van der Waals surface area contributed by atoms with Gasteiger partial charge in [0.15, 0.2) is 0 Å². The molecule has 0 amide bonds. The lowest BCUT2D eigenvalue weighted by atomic mass is 10.0. The summed E-state index contributed by atoms with van der Waals surface area (Å²) < 4.78 is 12.5. The van der Waals surface area contributed by atoms with E-state index < -0.39 is 0 Å². The largest absolute Gasteiger partial charge is 0.141 e. The first-order valence-electron chi connectivity index (χ1n) is 3.06. The minimum absolute atomic E-state index is 0.181. The van der Waals surface area contributed by atoms with E-state index in [0.29, 0.717) is 6.54 Å². The molecule has 8 heavy (non-hydrogen) atoms. The highest BCUT2D eigenvalue weighted by Crippen LogP contribution is 2.27. The Kier molecular flexibility index (Phi) is 1.27. The van der Waals surface area contributed by atoms with Crippen LogP contribution < -0.4 is 0 Å². The van der Waals surface area contributed by atoms with Crippen LogP contribution in [-0.4, -0.2) is 17.2 Å². The number of rotatable bonds is 0. The molecule has 0 aromatic heterocycles. The maximum absolute atomic E-state index is 12.5. The average Bonchev–Trinajstić information content (AvgIpc) is 1.86. The molecular weight excluding hydrogens is 105 g/mol. The van der Waals surface area contributed by atoms with Crippen molar-refractivity contribution in [3.8, 4) is 0 Å². The molecule has 0 radical (unpaired) electrons. The molecule has 0 N–H and O–H groups in total. The van der Waals surface area contributed by atoms with E-state index in [-0.39, 0.29) is 5.54 Å². The fraction of sp³-hybridized carbons (Fsp3) is 1.00. The maximum Gasteiger partial charge on any atom is 0.0456 e. The Morgan fingerprint density at radius 1 is 1.50 bits per heavy atom. The Bertz CT molecular complexity index is 90.5. The van der Waals surface area contributed by atoms with Gasteiger partial charge in [0.1, 0.15) is 0 Å². The second-order valence-corrected chi connectivity index (χ2v) is 3.00. The smallest absolute Gasteiger partial charge is 0.0456 e. The van der Waals surface area contributed by atoms with Crippen molar-refractivity contribution < 1.29 is 4.48 Å². The van der Waals surface area contributed by atoms with Crippen LogP contribution in [0.15, 0.2) is 0 Å². The first-order chi connectivity index (χ1) is 3.63. The van der Waals surface area contributed by atoms with Crippen LogP contribution in [0.4, 0.5) is 4.48 Å². The molecule has 1 nitrogen and oxygen atoms in total. The number of halogens is 1. The van der Waals surface area contributed by atoms with Crippen molar-refractivity contribution in [2.75, 3.05) is 6.54 Å². The predicted molar refractivity (Wildman–Crippen MR) is 31.1 cm³/mol. The van der Waals surface area contributed by atoms with Gasteiger partial charge in [-0.3, -0.25) is 0 Å². The number of hydrogen-bond acceptors (Lipinski definition) is 1. The Labute approximate surface area is 49.4 Å². The molecule has 0 saturated carbocycles. The lowest BCUT2D eigenvalue weighted by Gasteiger charge is -2.21. The molecule has 0 aromatic rings. The SMILES string of the molecule is CC1(C)CCCN1F. The van der Waals surface area contributed by atoms with E-state index in [1.54, 1.807) is 0 Å². The van der Waals surface area contributed by atoms with Crippen LogP contribution in [0.1, 0.15) is 26.7 Å². The third-order valence-corrected chi connectivity index (χ3v) is 1.80. The van der Waals surface area contributed by atoms with Gasteiger partial charge < -0.3 is 0 Å². The summed E-state index contributed by atoms with van der Waals surface area (Å²) in [5, 5.41) is 0.924. The zero-order chi connectivity index (χ0) is 6.20. The van der Waals surface area contributed by atoms with Crippen LogP contribution in [0.25, 0.3) is 0 Å².